The van der Waals surface area contributed by atoms with Gasteiger partial charge in [0, 0.05) is 0 Å². The first-order valence-corrected chi connectivity index (χ1v) is 8.80. The number of nitrogens with zero attached hydrogens (tertiary/aromatic N) is 1. The van der Waals surface area contributed by atoms with Crippen LogP contribution in [0, 0.1) is 11.6 Å². The summed E-state index contributed by atoms with van der Waals surface area (Å²) in [6.07, 6.45) is 1.51. The van der Waals surface area contributed by atoms with Gasteiger partial charge in [-0.2, -0.15) is 4.99 Å². The first-order valence-electron chi connectivity index (χ1n) is 8.39. The van der Waals surface area contributed by atoms with E-state index in [0.29, 0.717) is 17.5 Å². The molecule has 0 atom stereocenters. The quantitative estimate of drug-likeness (QED) is 0.351. The molecule has 3 aromatic rings. The van der Waals surface area contributed by atoms with Gasteiger partial charge in [-0.25, -0.2) is 8.78 Å². The van der Waals surface area contributed by atoms with E-state index in [2.05, 4.69) is 22.4 Å². The van der Waals surface area contributed by atoms with Gasteiger partial charge < -0.3 is 0 Å². The molecule has 3 rings (SSSR count). The van der Waals surface area contributed by atoms with Gasteiger partial charge >= 0.3 is 0 Å². The number of benzene rings is 3. The van der Waals surface area contributed by atoms with Crippen LogP contribution in [-0.2, 0) is 6.42 Å². The van der Waals surface area contributed by atoms with E-state index in [-0.39, 0.29) is 5.56 Å². The monoisotopic (exact) mass is 365 g/mol. The van der Waals surface area contributed by atoms with Gasteiger partial charge in [0.15, 0.2) is 0 Å². The Balaban J connectivity index is 1.91. The van der Waals surface area contributed by atoms with Crippen LogP contribution in [-0.4, -0.2) is 5.16 Å². The van der Waals surface area contributed by atoms with E-state index < -0.39 is 11.6 Å². The number of isothiocyanates is 1. The highest BCUT2D eigenvalue weighted by Gasteiger charge is 2.13. The third-order valence-corrected chi connectivity index (χ3v) is 4.28. The van der Waals surface area contributed by atoms with E-state index in [1.807, 2.05) is 43.3 Å². The Bertz CT molecular complexity index is 933. The molecule has 0 saturated heterocycles. The summed E-state index contributed by atoms with van der Waals surface area (Å²) in [6.45, 7) is 1.98. The maximum Gasteiger partial charge on any atom is 0.134 e. The molecule has 0 spiro atoms. The van der Waals surface area contributed by atoms with Gasteiger partial charge in [0.25, 0.3) is 0 Å². The average Bonchev–Trinajstić information content (AvgIpc) is 2.63. The molecular formula is C22H17F2NS. The lowest BCUT2D eigenvalue weighted by Crippen LogP contribution is -1.94. The summed E-state index contributed by atoms with van der Waals surface area (Å²) in [7, 11) is 0. The largest absolute Gasteiger partial charge is 0.206 e. The number of aryl methyl sites for hydroxylation is 1. The number of halogens is 2. The predicted octanol–water partition coefficient (Wildman–Crippen LogP) is 6.99. The highest BCUT2D eigenvalue weighted by Crippen LogP contribution is 2.30. The zero-order chi connectivity index (χ0) is 18.5. The molecule has 26 heavy (non-hydrogen) atoms. The minimum absolute atomic E-state index is 0.0158. The minimum Gasteiger partial charge on any atom is -0.206 e. The molecule has 0 aliphatic heterocycles. The van der Waals surface area contributed by atoms with E-state index in [1.54, 1.807) is 12.1 Å². The van der Waals surface area contributed by atoms with Crippen LogP contribution in [0.4, 0.5) is 14.5 Å². The molecule has 0 N–H and O–H groups in total. The molecule has 1 nitrogen and oxygen atoms in total. The Kier molecular flexibility index (Phi) is 5.67. The lowest BCUT2D eigenvalue weighted by atomic mass is 9.98. The Morgan fingerprint density at radius 1 is 0.846 bits per heavy atom. The Hall–Kier alpha value is -2.68. The first-order chi connectivity index (χ1) is 12.6. The summed E-state index contributed by atoms with van der Waals surface area (Å²) < 4.78 is 28.8. The summed E-state index contributed by atoms with van der Waals surface area (Å²) in [6, 6.07) is 17.5. The minimum atomic E-state index is -0.524. The molecule has 0 heterocycles. The van der Waals surface area contributed by atoms with Crippen LogP contribution >= 0.6 is 12.2 Å². The van der Waals surface area contributed by atoms with Crippen LogP contribution in [0.25, 0.3) is 22.3 Å². The molecule has 0 aromatic heterocycles. The van der Waals surface area contributed by atoms with Gasteiger partial charge in [-0.05, 0) is 65.2 Å². The van der Waals surface area contributed by atoms with Crippen molar-refractivity contribution >= 4 is 23.1 Å². The lowest BCUT2D eigenvalue weighted by Gasteiger charge is -2.09. The molecule has 0 unspecified atom stereocenters. The maximum atomic E-state index is 14.4. The number of rotatable bonds is 5. The predicted molar refractivity (Wildman–Crippen MR) is 106 cm³/mol. The smallest absolute Gasteiger partial charge is 0.134 e. The number of thiocarbonyl (C=S) groups is 1. The summed E-state index contributed by atoms with van der Waals surface area (Å²) >= 11 is 4.59. The molecule has 0 aliphatic carbocycles. The van der Waals surface area contributed by atoms with E-state index in [1.165, 1.54) is 12.1 Å². The summed E-state index contributed by atoms with van der Waals surface area (Å²) in [5, 5.41) is 2.33. The van der Waals surface area contributed by atoms with E-state index in [0.717, 1.165) is 23.2 Å². The fourth-order valence-electron chi connectivity index (χ4n) is 2.94. The highest BCUT2D eigenvalue weighted by molar-refractivity contribution is 7.78. The zero-order valence-corrected chi connectivity index (χ0v) is 15.1. The molecule has 0 radical (unpaired) electrons. The molecule has 130 valence electrons. The fourth-order valence-corrected chi connectivity index (χ4v) is 3.05. The summed E-state index contributed by atoms with van der Waals surface area (Å²) in [5.74, 6) is -1.05. The van der Waals surface area contributed by atoms with Crippen molar-refractivity contribution in [2.75, 3.05) is 0 Å². The van der Waals surface area contributed by atoms with E-state index in [9.17, 15) is 8.78 Å². The van der Waals surface area contributed by atoms with Crippen molar-refractivity contribution in [3.8, 4) is 22.3 Å². The van der Waals surface area contributed by atoms with Gasteiger partial charge in [-0.15, -0.1) is 0 Å². The van der Waals surface area contributed by atoms with Crippen molar-refractivity contribution in [2.24, 2.45) is 4.99 Å². The Labute approximate surface area is 157 Å². The van der Waals surface area contributed by atoms with Crippen molar-refractivity contribution in [1.82, 2.24) is 0 Å². The van der Waals surface area contributed by atoms with Gasteiger partial charge in [-0.1, -0.05) is 49.7 Å². The van der Waals surface area contributed by atoms with Crippen molar-refractivity contribution in [2.45, 2.75) is 19.8 Å². The molecule has 0 fully saturated rings. The van der Waals surface area contributed by atoms with E-state index >= 15 is 0 Å². The molecular weight excluding hydrogens is 348 g/mol. The normalized spacial score (nSPS) is 10.4. The van der Waals surface area contributed by atoms with Crippen LogP contribution in [0.5, 0.6) is 0 Å². The van der Waals surface area contributed by atoms with Crippen molar-refractivity contribution in [3.63, 3.8) is 0 Å². The van der Waals surface area contributed by atoms with Crippen molar-refractivity contribution in [1.29, 1.82) is 0 Å². The molecule has 0 aliphatic rings. The van der Waals surface area contributed by atoms with E-state index in [4.69, 9.17) is 0 Å². The Morgan fingerprint density at radius 2 is 1.35 bits per heavy atom. The highest BCUT2D eigenvalue weighted by atomic mass is 32.1. The van der Waals surface area contributed by atoms with Crippen LogP contribution in [0.15, 0.2) is 65.7 Å². The molecule has 0 saturated carbocycles. The van der Waals surface area contributed by atoms with Crippen LogP contribution in [0.1, 0.15) is 18.9 Å². The SMILES string of the molecule is CCCc1cc(F)c(-c2ccc(-c3ccc(N=C=S)cc3)cc2)c(F)c1. The van der Waals surface area contributed by atoms with Gasteiger partial charge in [-0.3, -0.25) is 0 Å². The molecule has 0 bridgehead atoms. The molecule has 0 amide bonds. The van der Waals surface area contributed by atoms with Gasteiger partial charge in [0.2, 0.25) is 0 Å². The number of hydrogen-bond donors (Lipinski definition) is 0. The first kappa shape index (κ1) is 18.1. The Morgan fingerprint density at radius 3 is 1.85 bits per heavy atom. The summed E-state index contributed by atoms with van der Waals surface area (Å²) in [5.41, 5.74) is 3.89. The zero-order valence-electron chi connectivity index (χ0n) is 14.3. The maximum absolute atomic E-state index is 14.4. The second kappa shape index (κ2) is 8.13. The van der Waals surface area contributed by atoms with Crippen LogP contribution in [0.3, 0.4) is 0 Å². The van der Waals surface area contributed by atoms with Gasteiger partial charge in [0.05, 0.1) is 16.4 Å². The third-order valence-electron chi connectivity index (χ3n) is 4.19. The van der Waals surface area contributed by atoms with Crippen molar-refractivity contribution < 1.29 is 8.78 Å². The van der Waals surface area contributed by atoms with Crippen LogP contribution < -0.4 is 0 Å². The van der Waals surface area contributed by atoms with Crippen molar-refractivity contribution in [3.05, 3.63) is 77.9 Å². The van der Waals surface area contributed by atoms with Crippen LogP contribution in [0.2, 0.25) is 0 Å². The third kappa shape index (κ3) is 3.93. The standard InChI is InChI=1S/C22H17F2NS/c1-2-3-15-12-20(23)22(21(24)13-15)18-6-4-16(5-7-18)17-8-10-19(11-9-17)25-14-26/h4-13H,2-3H2,1H3. The topological polar surface area (TPSA) is 12.4 Å². The number of aliphatic imine (C=N–C) groups is 1. The summed E-state index contributed by atoms with van der Waals surface area (Å²) in [4.78, 5) is 3.92. The lowest BCUT2D eigenvalue weighted by molar-refractivity contribution is 0.585. The average molecular weight is 365 g/mol. The molecule has 3 aromatic carbocycles. The fraction of sp³-hybridized carbons (Fsp3) is 0.136. The second-order valence-electron chi connectivity index (χ2n) is 6.01. The second-order valence-corrected chi connectivity index (χ2v) is 6.19. The number of hydrogen-bond acceptors (Lipinski definition) is 2. The van der Waals surface area contributed by atoms with Gasteiger partial charge in [0.1, 0.15) is 11.6 Å². The molecule has 4 heteroatoms.